The summed E-state index contributed by atoms with van der Waals surface area (Å²) in [4.78, 5) is 35.7. The van der Waals surface area contributed by atoms with Crippen molar-refractivity contribution in [3.63, 3.8) is 0 Å². The molecule has 0 aliphatic heterocycles. The number of hydrogen-bond acceptors (Lipinski definition) is 4. The number of anilines is 1. The van der Waals surface area contributed by atoms with Gasteiger partial charge in [-0.2, -0.15) is 0 Å². The number of para-hydroxylation sites is 1. The summed E-state index contributed by atoms with van der Waals surface area (Å²) in [5, 5.41) is 5.90. The van der Waals surface area contributed by atoms with Gasteiger partial charge in [0.1, 0.15) is 0 Å². The maximum Gasteiger partial charge on any atom is 0.308 e. The quantitative estimate of drug-likeness (QED) is 0.658. The zero-order chi connectivity index (χ0) is 20.5. The Bertz CT molecular complexity index is 835. The van der Waals surface area contributed by atoms with Crippen LogP contribution in [0.1, 0.15) is 42.1 Å². The molecule has 0 atom stereocenters. The Morgan fingerprint density at radius 3 is 2.39 bits per heavy atom. The lowest BCUT2D eigenvalue weighted by Crippen LogP contribution is -2.27. The van der Waals surface area contributed by atoms with Gasteiger partial charge in [0.2, 0.25) is 0 Å². The minimum absolute atomic E-state index is 0.0325. The van der Waals surface area contributed by atoms with Crippen LogP contribution < -0.4 is 10.6 Å². The highest BCUT2D eigenvalue weighted by atomic mass is 35.5. The molecule has 0 unspecified atom stereocenters. The second kappa shape index (κ2) is 10.5. The average Bonchev–Trinajstić information content (AvgIpc) is 2.67. The van der Waals surface area contributed by atoms with Crippen molar-refractivity contribution in [1.82, 2.24) is 5.32 Å². The molecule has 0 fully saturated rings. The first-order chi connectivity index (χ1) is 13.4. The van der Waals surface area contributed by atoms with Crippen molar-refractivity contribution in [3.05, 3.63) is 64.7 Å². The number of halogens is 1. The summed E-state index contributed by atoms with van der Waals surface area (Å²) in [6.07, 6.45) is -0.0325. The molecule has 0 heterocycles. The summed E-state index contributed by atoms with van der Waals surface area (Å²) >= 11 is 5.77. The number of carbonyl (C=O) groups is 3. The van der Waals surface area contributed by atoms with Gasteiger partial charge in [0.05, 0.1) is 6.42 Å². The molecule has 2 rings (SSSR count). The smallest absolute Gasteiger partial charge is 0.308 e. The molecule has 2 aromatic carbocycles. The molecular weight excluding hydrogens is 380 g/mol. The Labute approximate surface area is 169 Å². The van der Waals surface area contributed by atoms with E-state index in [1.807, 2.05) is 32.0 Å². The van der Waals surface area contributed by atoms with E-state index in [1.165, 1.54) is 0 Å². The highest BCUT2D eigenvalue weighted by molar-refractivity contribution is 6.30. The van der Waals surface area contributed by atoms with Crippen LogP contribution in [0.3, 0.4) is 0 Å². The van der Waals surface area contributed by atoms with Crippen LogP contribution in [0.15, 0.2) is 48.5 Å². The van der Waals surface area contributed by atoms with Crippen LogP contribution in [0, 0.1) is 0 Å². The molecule has 7 heteroatoms. The summed E-state index contributed by atoms with van der Waals surface area (Å²) in [7, 11) is 0. The maximum atomic E-state index is 12.0. The predicted octanol–water partition coefficient (Wildman–Crippen LogP) is 3.77. The van der Waals surface area contributed by atoms with E-state index in [0.717, 1.165) is 5.56 Å². The number of esters is 1. The summed E-state index contributed by atoms with van der Waals surface area (Å²) in [5.41, 5.74) is 2.15. The van der Waals surface area contributed by atoms with E-state index in [1.54, 1.807) is 30.3 Å². The molecule has 0 spiro atoms. The average molecular weight is 403 g/mol. The van der Waals surface area contributed by atoms with E-state index in [4.69, 9.17) is 16.3 Å². The maximum absolute atomic E-state index is 12.0. The number of rotatable bonds is 8. The van der Waals surface area contributed by atoms with Crippen molar-refractivity contribution in [2.75, 3.05) is 18.5 Å². The van der Waals surface area contributed by atoms with Crippen LogP contribution in [0.5, 0.6) is 0 Å². The largest absolute Gasteiger partial charge is 0.456 e. The summed E-state index contributed by atoms with van der Waals surface area (Å²) in [5.74, 6) is -1.04. The van der Waals surface area contributed by atoms with Gasteiger partial charge < -0.3 is 15.4 Å². The number of nitrogens with one attached hydrogen (secondary N) is 2. The second-order valence-corrected chi connectivity index (χ2v) is 6.90. The Balaban J connectivity index is 1.71. The third-order valence-corrected chi connectivity index (χ3v) is 4.19. The fraction of sp³-hybridized carbons (Fsp3) is 0.286. The first-order valence-corrected chi connectivity index (χ1v) is 9.32. The fourth-order valence-corrected chi connectivity index (χ4v) is 2.63. The third kappa shape index (κ3) is 6.70. The lowest BCUT2D eigenvalue weighted by Gasteiger charge is -2.13. The number of ether oxygens (including phenoxy) is 1. The minimum Gasteiger partial charge on any atom is -0.456 e. The van der Waals surface area contributed by atoms with Gasteiger partial charge in [-0.1, -0.05) is 43.6 Å². The molecule has 2 amide bonds. The molecule has 28 heavy (non-hydrogen) atoms. The molecular formula is C21H23ClN2O4. The molecule has 0 aliphatic carbocycles. The van der Waals surface area contributed by atoms with Gasteiger partial charge in [-0.15, -0.1) is 0 Å². The molecule has 0 radical (unpaired) electrons. The Kier molecular flexibility index (Phi) is 8.02. The first kappa shape index (κ1) is 21.4. The van der Waals surface area contributed by atoms with E-state index >= 15 is 0 Å². The lowest BCUT2D eigenvalue weighted by molar-refractivity contribution is -0.147. The monoisotopic (exact) mass is 402 g/mol. The highest BCUT2D eigenvalue weighted by Crippen LogP contribution is 2.23. The van der Waals surface area contributed by atoms with Crippen molar-refractivity contribution in [2.24, 2.45) is 0 Å². The predicted molar refractivity (Wildman–Crippen MR) is 109 cm³/mol. The topological polar surface area (TPSA) is 84.5 Å². The third-order valence-electron chi connectivity index (χ3n) is 3.94. The number of amides is 2. The fourth-order valence-electron chi connectivity index (χ4n) is 2.50. The Hall–Kier alpha value is -2.86. The van der Waals surface area contributed by atoms with E-state index in [0.29, 0.717) is 16.3 Å². The number of hydrogen-bond donors (Lipinski definition) is 2. The van der Waals surface area contributed by atoms with Gasteiger partial charge >= 0.3 is 5.97 Å². The standard InChI is InChI=1S/C21H23ClN2O4/c1-14(2)17-5-3-4-6-18(17)24-19(25)13-28-20(26)11-12-23-21(27)15-7-9-16(22)10-8-15/h3-10,14H,11-13H2,1-2H3,(H,23,27)(H,24,25). The first-order valence-electron chi connectivity index (χ1n) is 8.95. The van der Waals surface area contributed by atoms with Gasteiger partial charge in [0.25, 0.3) is 11.8 Å². The van der Waals surface area contributed by atoms with Crippen LogP contribution in [0.2, 0.25) is 5.02 Å². The number of benzene rings is 2. The molecule has 2 aromatic rings. The molecule has 2 N–H and O–H groups in total. The normalized spacial score (nSPS) is 10.4. The molecule has 0 aromatic heterocycles. The van der Waals surface area contributed by atoms with Gasteiger partial charge in [0, 0.05) is 22.8 Å². The van der Waals surface area contributed by atoms with Crippen molar-refractivity contribution >= 4 is 35.1 Å². The van der Waals surface area contributed by atoms with Crippen LogP contribution in [-0.4, -0.2) is 30.9 Å². The highest BCUT2D eigenvalue weighted by Gasteiger charge is 2.12. The van der Waals surface area contributed by atoms with Crippen LogP contribution in [0.4, 0.5) is 5.69 Å². The van der Waals surface area contributed by atoms with Gasteiger partial charge in [-0.05, 0) is 41.8 Å². The summed E-state index contributed by atoms with van der Waals surface area (Å²) in [6, 6.07) is 13.9. The van der Waals surface area contributed by atoms with E-state index in [2.05, 4.69) is 10.6 Å². The van der Waals surface area contributed by atoms with Gasteiger partial charge in [-0.25, -0.2) is 0 Å². The van der Waals surface area contributed by atoms with Crippen LogP contribution in [-0.2, 0) is 14.3 Å². The van der Waals surface area contributed by atoms with Crippen molar-refractivity contribution in [3.8, 4) is 0 Å². The molecule has 148 valence electrons. The molecule has 0 saturated carbocycles. The van der Waals surface area contributed by atoms with E-state index < -0.39 is 11.9 Å². The molecule has 6 nitrogen and oxygen atoms in total. The Morgan fingerprint density at radius 1 is 1.04 bits per heavy atom. The SMILES string of the molecule is CC(C)c1ccccc1NC(=O)COC(=O)CCNC(=O)c1ccc(Cl)cc1. The van der Waals surface area contributed by atoms with E-state index in [-0.39, 0.29) is 31.4 Å². The number of carbonyl (C=O) groups excluding carboxylic acids is 3. The van der Waals surface area contributed by atoms with Crippen molar-refractivity contribution < 1.29 is 19.1 Å². The van der Waals surface area contributed by atoms with Gasteiger partial charge in [0.15, 0.2) is 6.61 Å². The summed E-state index contributed by atoms with van der Waals surface area (Å²) < 4.78 is 4.96. The van der Waals surface area contributed by atoms with Crippen LogP contribution in [0.25, 0.3) is 0 Å². The van der Waals surface area contributed by atoms with E-state index in [9.17, 15) is 14.4 Å². The van der Waals surface area contributed by atoms with Gasteiger partial charge in [-0.3, -0.25) is 14.4 Å². The zero-order valence-corrected chi connectivity index (χ0v) is 16.6. The molecule has 0 aliphatic rings. The molecule has 0 saturated heterocycles. The minimum atomic E-state index is -0.566. The summed E-state index contributed by atoms with van der Waals surface area (Å²) in [6.45, 7) is 3.79. The Morgan fingerprint density at radius 2 is 1.71 bits per heavy atom. The molecule has 0 bridgehead atoms. The zero-order valence-electron chi connectivity index (χ0n) is 15.8. The van der Waals surface area contributed by atoms with Crippen LogP contribution >= 0.6 is 11.6 Å². The second-order valence-electron chi connectivity index (χ2n) is 6.46. The lowest BCUT2D eigenvalue weighted by atomic mass is 10.0. The van der Waals surface area contributed by atoms with Crippen molar-refractivity contribution in [1.29, 1.82) is 0 Å². The van der Waals surface area contributed by atoms with Crippen molar-refractivity contribution in [2.45, 2.75) is 26.2 Å².